The molecule has 226 valence electrons. The molecule has 2 aliphatic carbocycles. The summed E-state index contributed by atoms with van der Waals surface area (Å²) in [6, 6.07) is 11.0. The minimum absolute atomic E-state index is 0.0743. The predicted molar refractivity (Wildman–Crippen MR) is 161 cm³/mol. The zero-order valence-electron chi connectivity index (χ0n) is 24.8. The van der Waals surface area contributed by atoms with Crippen molar-refractivity contribution in [2.24, 2.45) is 11.8 Å². The van der Waals surface area contributed by atoms with E-state index in [1.165, 1.54) is 7.11 Å². The van der Waals surface area contributed by atoms with Gasteiger partial charge in [-0.1, -0.05) is 50.3 Å². The lowest BCUT2D eigenvalue weighted by atomic mass is 9.51. The fourth-order valence-electron chi connectivity index (χ4n) is 8.46. The number of phenols is 1. The number of benzene rings is 2. The topological polar surface area (TPSA) is 96.4 Å². The highest BCUT2D eigenvalue weighted by Crippen LogP contribution is 2.65. The van der Waals surface area contributed by atoms with E-state index in [2.05, 4.69) is 11.5 Å². The van der Waals surface area contributed by atoms with Crippen molar-refractivity contribution in [3.8, 4) is 11.5 Å². The van der Waals surface area contributed by atoms with Crippen molar-refractivity contribution in [3.05, 3.63) is 71.3 Å². The summed E-state index contributed by atoms with van der Waals surface area (Å²) in [6.07, 6.45) is 4.57. The van der Waals surface area contributed by atoms with Crippen LogP contribution in [0.1, 0.15) is 60.2 Å². The van der Waals surface area contributed by atoms with Crippen LogP contribution in [0.15, 0.2) is 49.1 Å². The summed E-state index contributed by atoms with van der Waals surface area (Å²) in [5.74, 6) is 0.212. The number of carbonyl (C=O) groups excluding carboxylic acids is 1. The molecule has 5 atom stereocenters. The van der Waals surface area contributed by atoms with Crippen LogP contribution in [-0.4, -0.2) is 80.1 Å². The van der Waals surface area contributed by atoms with E-state index >= 15 is 0 Å². The van der Waals surface area contributed by atoms with Crippen LogP contribution in [-0.2, 0) is 32.3 Å². The number of aromatic hydroxyl groups is 1. The molecule has 2 aromatic rings. The van der Waals surface area contributed by atoms with Crippen molar-refractivity contribution >= 4 is 15.8 Å². The molecule has 2 unspecified atom stereocenters. The molecule has 1 saturated carbocycles. The molecule has 9 heteroatoms. The van der Waals surface area contributed by atoms with E-state index in [1.54, 1.807) is 4.31 Å². The molecule has 2 fully saturated rings. The standard InChI is InChI=1S/C33H42N2O6S/c1-5-14-34-15-13-33-25-11-12-26(35(18-21(2)3)42(38,39)20-22-9-7-6-8-10-22)32(33)41-31-29(33)23(17-27(25)34)16-24(30(31)37)28(36)19-40-4/h5-10,16,21,25-27,32,37H,1,11-15,17-20H2,2-4H3/t25-,26?,27+,32?,33-/m0/s1. The number of sulfonamides is 1. The van der Waals surface area contributed by atoms with Gasteiger partial charge in [-0.15, -0.1) is 6.58 Å². The number of likely N-dealkylation sites (tertiary alicyclic amines) is 1. The van der Waals surface area contributed by atoms with Gasteiger partial charge in [-0.2, -0.15) is 4.31 Å². The number of carbonyl (C=O) groups is 1. The number of piperidine rings is 1. The molecule has 2 aromatic carbocycles. The third-order valence-electron chi connectivity index (χ3n) is 9.92. The van der Waals surface area contributed by atoms with Crippen molar-refractivity contribution < 1.29 is 27.8 Å². The number of ether oxygens (including phenoxy) is 2. The molecule has 6 rings (SSSR count). The Morgan fingerprint density at radius 3 is 2.74 bits per heavy atom. The smallest absolute Gasteiger partial charge is 0.218 e. The quantitative estimate of drug-likeness (QED) is 0.306. The SMILES string of the molecule is C=CCN1CC[C@]23c4c5cc(C(=O)COC)c(O)c4OC2C(N(CC(C)C)S(=O)(=O)Cc2ccccc2)CC[C@H]3[C@H]1C5. The molecule has 1 N–H and O–H groups in total. The van der Waals surface area contributed by atoms with E-state index in [1.807, 2.05) is 56.3 Å². The molecule has 4 aliphatic rings. The summed E-state index contributed by atoms with van der Waals surface area (Å²) in [4.78, 5) is 15.5. The molecule has 2 heterocycles. The minimum atomic E-state index is -3.70. The summed E-state index contributed by atoms with van der Waals surface area (Å²) in [7, 11) is -2.24. The summed E-state index contributed by atoms with van der Waals surface area (Å²) >= 11 is 0. The van der Waals surface area contributed by atoms with E-state index < -0.39 is 21.5 Å². The first-order valence-corrected chi connectivity index (χ1v) is 16.7. The van der Waals surface area contributed by atoms with Gasteiger partial charge in [0, 0.05) is 37.2 Å². The van der Waals surface area contributed by atoms with Gasteiger partial charge < -0.3 is 14.6 Å². The van der Waals surface area contributed by atoms with Crippen molar-refractivity contribution in [3.63, 3.8) is 0 Å². The van der Waals surface area contributed by atoms with Crippen LogP contribution in [0.2, 0.25) is 0 Å². The first-order chi connectivity index (χ1) is 20.1. The molecular formula is C33H42N2O6S. The predicted octanol–water partition coefficient (Wildman–Crippen LogP) is 4.30. The average molecular weight is 595 g/mol. The minimum Gasteiger partial charge on any atom is -0.504 e. The Hall–Kier alpha value is -2.72. The van der Waals surface area contributed by atoms with Gasteiger partial charge in [0.1, 0.15) is 12.7 Å². The van der Waals surface area contributed by atoms with Gasteiger partial charge in [-0.3, -0.25) is 9.69 Å². The molecule has 1 saturated heterocycles. The first kappa shape index (κ1) is 29.4. The van der Waals surface area contributed by atoms with Crippen molar-refractivity contribution in [1.82, 2.24) is 9.21 Å². The molecular weight excluding hydrogens is 552 g/mol. The average Bonchev–Trinajstić information content (AvgIpc) is 3.30. The number of rotatable bonds is 11. The maximum atomic E-state index is 14.2. The number of ketones is 1. The van der Waals surface area contributed by atoms with Crippen LogP contribution < -0.4 is 4.74 Å². The van der Waals surface area contributed by atoms with Crippen LogP contribution in [0.3, 0.4) is 0 Å². The Bertz CT molecular complexity index is 1480. The summed E-state index contributed by atoms with van der Waals surface area (Å²) < 4.78 is 42.0. The number of hydrogen-bond donors (Lipinski definition) is 1. The van der Waals surface area contributed by atoms with E-state index in [9.17, 15) is 18.3 Å². The number of phenolic OH excluding ortho intramolecular Hbond substituents is 1. The molecule has 42 heavy (non-hydrogen) atoms. The number of methoxy groups -OCH3 is 1. The zero-order valence-corrected chi connectivity index (χ0v) is 25.6. The molecule has 2 bridgehead atoms. The van der Waals surface area contributed by atoms with Gasteiger partial charge in [0.2, 0.25) is 10.0 Å². The molecule has 1 spiro atoms. The normalized spacial score (nSPS) is 28.0. The lowest BCUT2D eigenvalue weighted by Crippen LogP contribution is -2.69. The van der Waals surface area contributed by atoms with E-state index in [4.69, 9.17) is 9.47 Å². The van der Waals surface area contributed by atoms with Crippen LogP contribution in [0.5, 0.6) is 11.5 Å². The van der Waals surface area contributed by atoms with E-state index in [0.717, 1.165) is 49.0 Å². The Balaban J connectivity index is 1.48. The molecule has 0 radical (unpaired) electrons. The van der Waals surface area contributed by atoms with Crippen LogP contribution >= 0.6 is 0 Å². The van der Waals surface area contributed by atoms with Gasteiger partial charge >= 0.3 is 0 Å². The maximum absolute atomic E-state index is 14.2. The van der Waals surface area contributed by atoms with Crippen LogP contribution in [0, 0.1) is 11.8 Å². The molecule has 0 amide bonds. The van der Waals surface area contributed by atoms with Crippen molar-refractivity contribution in [2.75, 3.05) is 33.4 Å². The second-order valence-corrected chi connectivity index (χ2v) is 14.8. The molecule has 8 nitrogen and oxygen atoms in total. The number of hydrogen-bond acceptors (Lipinski definition) is 7. The fourth-order valence-corrected chi connectivity index (χ4v) is 10.4. The van der Waals surface area contributed by atoms with E-state index in [0.29, 0.717) is 18.7 Å². The largest absolute Gasteiger partial charge is 0.504 e. The first-order valence-electron chi connectivity index (χ1n) is 15.1. The second-order valence-electron chi connectivity index (χ2n) is 12.8. The van der Waals surface area contributed by atoms with Crippen molar-refractivity contribution in [2.45, 2.75) is 68.9 Å². The molecule has 2 aliphatic heterocycles. The maximum Gasteiger partial charge on any atom is 0.218 e. The van der Waals surface area contributed by atoms with Crippen LogP contribution in [0.25, 0.3) is 0 Å². The van der Waals surface area contributed by atoms with Gasteiger partial charge in [-0.25, -0.2) is 8.42 Å². The monoisotopic (exact) mass is 594 g/mol. The Morgan fingerprint density at radius 2 is 2.05 bits per heavy atom. The number of nitrogens with zero attached hydrogens (tertiary/aromatic N) is 2. The lowest BCUT2D eigenvalue weighted by Gasteiger charge is -2.60. The fraction of sp³-hybridized carbons (Fsp3) is 0.545. The van der Waals surface area contributed by atoms with Gasteiger partial charge in [0.15, 0.2) is 17.3 Å². The van der Waals surface area contributed by atoms with E-state index in [-0.39, 0.29) is 53.4 Å². The lowest BCUT2D eigenvalue weighted by molar-refractivity contribution is -0.0745. The highest BCUT2D eigenvalue weighted by atomic mass is 32.2. The second kappa shape index (κ2) is 11.1. The summed E-state index contributed by atoms with van der Waals surface area (Å²) in [5, 5.41) is 11.5. The number of Topliss-reactive ketones (excluding diaryl/α,β-unsaturated/α-hetero) is 1. The Morgan fingerprint density at radius 1 is 1.29 bits per heavy atom. The van der Waals surface area contributed by atoms with Gasteiger partial charge in [0.05, 0.1) is 17.4 Å². The third-order valence-corrected chi connectivity index (χ3v) is 11.8. The zero-order chi connectivity index (χ0) is 29.8. The molecule has 0 aromatic heterocycles. The summed E-state index contributed by atoms with van der Waals surface area (Å²) in [5.41, 5.74) is 2.53. The van der Waals surface area contributed by atoms with Gasteiger partial charge in [-0.05, 0) is 61.3 Å². The van der Waals surface area contributed by atoms with Crippen LogP contribution in [0.4, 0.5) is 0 Å². The van der Waals surface area contributed by atoms with Crippen molar-refractivity contribution in [1.29, 1.82) is 0 Å². The summed E-state index contributed by atoms with van der Waals surface area (Å²) in [6.45, 7) is 9.94. The Labute approximate surface area is 249 Å². The highest BCUT2D eigenvalue weighted by molar-refractivity contribution is 7.88. The highest BCUT2D eigenvalue weighted by Gasteiger charge is 2.67. The third kappa shape index (κ3) is 4.60. The van der Waals surface area contributed by atoms with Gasteiger partial charge in [0.25, 0.3) is 0 Å². The Kier molecular flexibility index (Phi) is 7.75.